The Bertz CT molecular complexity index is 402. The van der Waals surface area contributed by atoms with Gasteiger partial charge in [0.15, 0.2) is 0 Å². The quantitative estimate of drug-likeness (QED) is 0.272. The standard InChI is InChI=1S/C7H8N2O2.C2H2O4/c8-9-6-3-1-5(2-4-6)7(10)11;3-1(4)2(5)6/h1-4,9H,8H2,(H,10,11);(H,3,4)(H,5,6). The summed E-state index contributed by atoms with van der Waals surface area (Å²) in [6, 6.07) is 6.17. The molecule has 0 spiro atoms. The summed E-state index contributed by atoms with van der Waals surface area (Å²) in [6.45, 7) is 0. The molecule has 0 aliphatic rings. The first-order valence-electron chi connectivity index (χ1n) is 4.14. The van der Waals surface area contributed by atoms with Crippen molar-refractivity contribution in [1.29, 1.82) is 0 Å². The average molecular weight is 242 g/mol. The molecule has 92 valence electrons. The fraction of sp³-hybridized carbons (Fsp3) is 0. The largest absolute Gasteiger partial charge is 0.478 e. The highest BCUT2D eigenvalue weighted by Crippen LogP contribution is 2.07. The molecule has 0 amide bonds. The number of anilines is 1. The summed E-state index contributed by atoms with van der Waals surface area (Å²) < 4.78 is 0. The van der Waals surface area contributed by atoms with Gasteiger partial charge in [0.2, 0.25) is 0 Å². The van der Waals surface area contributed by atoms with Gasteiger partial charge in [0.1, 0.15) is 0 Å². The van der Waals surface area contributed by atoms with E-state index in [9.17, 15) is 4.79 Å². The summed E-state index contributed by atoms with van der Waals surface area (Å²) in [7, 11) is 0. The van der Waals surface area contributed by atoms with Crippen LogP contribution in [0.25, 0.3) is 0 Å². The molecule has 0 saturated heterocycles. The number of nitrogen functional groups attached to an aromatic ring is 1. The molecule has 1 rings (SSSR count). The second-order valence-electron chi connectivity index (χ2n) is 2.64. The number of nitrogens with two attached hydrogens (primary N) is 1. The minimum absolute atomic E-state index is 0.254. The van der Waals surface area contributed by atoms with E-state index in [-0.39, 0.29) is 5.56 Å². The molecule has 0 radical (unpaired) electrons. The highest BCUT2D eigenvalue weighted by Gasteiger charge is 2.04. The van der Waals surface area contributed by atoms with Crippen molar-refractivity contribution in [3.05, 3.63) is 29.8 Å². The lowest BCUT2D eigenvalue weighted by Gasteiger charge is -1.98. The monoisotopic (exact) mass is 242 g/mol. The van der Waals surface area contributed by atoms with Crippen molar-refractivity contribution in [2.24, 2.45) is 5.84 Å². The van der Waals surface area contributed by atoms with Crippen LogP contribution in [-0.4, -0.2) is 33.2 Å². The first-order chi connectivity index (χ1) is 7.88. The Morgan fingerprint density at radius 1 is 0.941 bits per heavy atom. The Morgan fingerprint density at radius 3 is 1.59 bits per heavy atom. The van der Waals surface area contributed by atoms with Gasteiger partial charge in [0, 0.05) is 5.69 Å². The normalized spacial score (nSPS) is 8.53. The fourth-order valence-electron chi connectivity index (χ4n) is 0.709. The number of aromatic carboxylic acids is 1. The van der Waals surface area contributed by atoms with Gasteiger partial charge in [-0.25, -0.2) is 14.4 Å². The topological polar surface area (TPSA) is 150 Å². The van der Waals surface area contributed by atoms with E-state index in [1.165, 1.54) is 12.1 Å². The van der Waals surface area contributed by atoms with Gasteiger partial charge in [0.05, 0.1) is 5.56 Å². The Hall–Kier alpha value is -2.61. The molecular weight excluding hydrogens is 232 g/mol. The lowest BCUT2D eigenvalue weighted by atomic mass is 10.2. The van der Waals surface area contributed by atoms with E-state index >= 15 is 0 Å². The third-order valence-corrected chi connectivity index (χ3v) is 1.48. The van der Waals surface area contributed by atoms with Gasteiger partial charge in [-0.05, 0) is 24.3 Å². The van der Waals surface area contributed by atoms with Crippen LogP contribution in [0.2, 0.25) is 0 Å². The molecule has 0 saturated carbocycles. The van der Waals surface area contributed by atoms with E-state index in [4.69, 9.17) is 30.8 Å². The molecule has 8 heteroatoms. The van der Waals surface area contributed by atoms with Gasteiger partial charge in [-0.3, -0.25) is 5.84 Å². The van der Waals surface area contributed by atoms with Gasteiger partial charge < -0.3 is 20.7 Å². The molecule has 0 bridgehead atoms. The number of benzene rings is 1. The fourth-order valence-corrected chi connectivity index (χ4v) is 0.709. The second kappa shape index (κ2) is 6.80. The Kier molecular flexibility index (Phi) is 5.75. The van der Waals surface area contributed by atoms with E-state index in [1.54, 1.807) is 12.1 Å². The molecule has 0 atom stereocenters. The minimum atomic E-state index is -1.82. The van der Waals surface area contributed by atoms with Crippen molar-refractivity contribution >= 4 is 23.6 Å². The predicted molar refractivity (Wildman–Crippen MR) is 56.5 cm³/mol. The Morgan fingerprint density at radius 2 is 1.35 bits per heavy atom. The minimum Gasteiger partial charge on any atom is -0.478 e. The van der Waals surface area contributed by atoms with Crippen molar-refractivity contribution < 1.29 is 29.7 Å². The first-order valence-corrected chi connectivity index (χ1v) is 4.14. The van der Waals surface area contributed by atoms with Gasteiger partial charge >= 0.3 is 17.9 Å². The summed E-state index contributed by atoms with van der Waals surface area (Å²) in [4.78, 5) is 28.5. The third kappa shape index (κ3) is 5.74. The van der Waals surface area contributed by atoms with Gasteiger partial charge in [-0.15, -0.1) is 0 Å². The number of carboxylic acids is 3. The Labute approximate surface area is 95.3 Å². The molecule has 1 aromatic rings. The lowest BCUT2D eigenvalue weighted by molar-refractivity contribution is -0.159. The molecule has 17 heavy (non-hydrogen) atoms. The highest BCUT2D eigenvalue weighted by molar-refractivity contribution is 6.27. The summed E-state index contributed by atoms with van der Waals surface area (Å²) in [5.41, 5.74) is 3.34. The average Bonchev–Trinajstić information content (AvgIpc) is 2.29. The van der Waals surface area contributed by atoms with E-state index in [2.05, 4.69) is 5.43 Å². The summed E-state index contributed by atoms with van der Waals surface area (Å²) in [5, 5.41) is 23.3. The predicted octanol–water partition coefficient (Wildman–Crippen LogP) is -0.174. The van der Waals surface area contributed by atoms with Crippen LogP contribution in [0, 0.1) is 0 Å². The van der Waals surface area contributed by atoms with Crippen molar-refractivity contribution in [3.63, 3.8) is 0 Å². The van der Waals surface area contributed by atoms with Gasteiger partial charge in [-0.2, -0.15) is 0 Å². The Balaban J connectivity index is 0.000000366. The lowest BCUT2D eigenvalue weighted by Crippen LogP contribution is -2.09. The van der Waals surface area contributed by atoms with Crippen molar-refractivity contribution in [2.45, 2.75) is 0 Å². The number of carbonyl (C=O) groups is 3. The zero-order chi connectivity index (χ0) is 13.4. The number of hydrogen-bond acceptors (Lipinski definition) is 5. The van der Waals surface area contributed by atoms with Crippen LogP contribution in [0.15, 0.2) is 24.3 Å². The van der Waals surface area contributed by atoms with E-state index in [0.717, 1.165) is 0 Å². The molecule has 0 unspecified atom stereocenters. The second-order valence-corrected chi connectivity index (χ2v) is 2.64. The molecule has 6 N–H and O–H groups in total. The molecule has 0 aliphatic heterocycles. The van der Waals surface area contributed by atoms with Crippen LogP contribution in [0.5, 0.6) is 0 Å². The first kappa shape index (κ1) is 14.4. The number of hydrogen-bond donors (Lipinski definition) is 5. The maximum absolute atomic E-state index is 10.3. The smallest absolute Gasteiger partial charge is 0.414 e. The molecular formula is C9H10N2O6. The number of rotatable bonds is 2. The van der Waals surface area contributed by atoms with Crippen LogP contribution in [0.3, 0.4) is 0 Å². The van der Waals surface area contributed by atoms with Crippen LogP contribution < -0.4 is 11.3 Å². The highest BCUT2D eigenvalue weighted by atomic mass is 16.4. The van der Waals surface area contributed by atoms with E-state index < -0.39 is 17.9 Å². The van der Waals surface area contributed by atoms with Crippen molar-refractivity contribution in [1.82, 2.24) is 0 Å². The number of hydrazine groups is 1. The van der Waals surface area contributed by atoms with Gasteiger partial charge in [0.25, 0.3) is 0 Å². The van der Waals surface area contributed by atoms with Crippen LogP contribution >= 0.6 is 0 Å². The molecule has 0 aliphatic carbocycles. The van der Waals surface area contributed by atoms with Crippen molar-refractivity contribution in [2.75, 3.05) is 5.43 Å². The summed E-state index contributed by atoms with van der Waals surface area (Å²) in [5.74, 6) is 0.494. The molecule has 0 fully saturated rings. The third-order valence-electron chi connectivity index (χ3n) is 1.48. The maximum atomic E-state index is 10.3. The summed E-state index contributed by atoms with van der Waals surface area (Å²) in [6.07, 6.45) is 0. The summed E-state index contributed by atoms with van der Waals surface area (Å²) >= 11 is 0. The van der Waals surface area contributed by atoms with E-state index in [1.807, 2.05) is 0 Å². The zero-order valence-electron chi connectivity index (χ0n) is 8.45. The molecule has 1 aromatic carbocycles. The molecule has 0 heterocycles. The van der Waals surface area contributed by atoms with Crippen LogP contribution in [0.1, 0.15) is 10.4 Å². The zero-order valence-corrected chi connectivity index (χ0v) is 8.45. The van der Waals surface area contributed by atoms with E-state index in [0.29, 0.717) is 5.69 Å². The number of aliphatic carboxylic acids is 2. The number of carboxylic acid groups (broad SMARTS) is 3. The molecule has 8 nitrogen and oxygen atoms in total. The molecule has 0 aromatic heterocycles. The van der Waals surface area contributed by atoms with Gasteiger partial charge in [-0.1, -0.05) is 0 Å². The van der Waals surface area contributed by atoms with Crippen molar-refractivity contribution in [3.8, 4) is 0 Å². The SMILES string of the molecule is NNc1ccc(C(=O)O)cc1.O=C(O)C(=O)O. The number of nitrogens with one attached hydrogen (secondary N) is 1. The van der Waals surface area contributed by atoms with Crippen LogP contribution in [0.4, 0.5) is 5.69 Å². The maximum Gasteiger partial charge on any atom is 0.414 e. The van der Waals surface area contributed by atoms with Crippen LogP contribution in [-0.2, 0) is 9.59 Å².